The van der Waals surface area contributed by atoms with Crippen LogP contribution >= 0.6 is 0 Å². The van der Waals surface area contributed by atoms with Gasteiger partial charge < -0.3 is 8.98 Å². The van der Waals surface area contributed by atoms with Crippen LogP contribution in [0.1, 0.15) is 11.5 Å². The lowest BCUT2D eigenvalue weighted by Crippen LogP contribution is -2.53. The SMILES string of the molecule is O=C1NC(=O)N(Cc2ccco2)C(=O)C1=Cc1cccn1-c1ccccc1. The summed E-state index contributed by atoms with van der Waals surface area (Å²) in [5.41, 5.74) is 1.42. The molecule has 4 amide bonds. The highest BCUT2D eigenvalue weighted by Crippen LogP contribution is 2.19. The molecule has 0 unspecified atom stereocenters. The van der Waals surface area contributed by atoms with Gasteiger partial charge in [0.2, 0.25) is 0 Å². The van der Waals surface area contributed by atoms with Gasteiger partial charge in [-0.2, -0.15) is 0 Å². The number of carbonyl (C=O) groups excluding carboxylic acids is 3. The molecule has 3 aromatic rings. The van der Waals surface area contributed by atoms with E-state index in [9.17, 15) is 14.4 Å². The van der Waals surface area contributed by atoms with E-state index in [0.717, 1.165) is 10.6 Å². The normalized spacial score (nSPS) is 16.1. The molecule has 1 fully saturated rings. The second-order valence-corrected chi connectivity index (χ2v) is 5.93. The molecule has 1 aliphatic rings. The summed E-state index contributed by atoms with van der Waals surface area (Å²) in [6.07, 6.45) is 4.77. The topological polar surface area (TPSA) is 84.6 Å². The molecule has 0 spiro atoms. The number of barbiturate groups is 1. The van der Waals surface area contributed by atoms with Crippen LogP contribution in [0.2, 0.25) is 0 Å². The molecule has 4 rings (SSSR count). The van der Waals surface area contributed by atoms with Gasteiger partial charge in [-0.15, -0.1) is 0 Å². The van der Waals surface area contributed by atoms with Crippen LogP contribution in [-0.4, -0.2) is 27.3 Å². The fraction of sp³-hybridized carbons (Fsp3) is 0.0500. The van der Waals surface area contributed by atoms with Crippen LogP contribution in [0.4, 0.5) is 4.79 Å². The van der Waals surface area contributed by atoms with Crippen LogP contribution < -0.4 is 5.32 Å². The Labute approximate surface area is 154 Å². The van der Waals surface area contributed by atoms with Gasteiger partial charge in [0.25, 0.3) is 11.8 Å². The molecule has 1 N–H and O–H groups in total. The van der Waals surface area contributed by atoms with E-state index in [1.165, 1.54) is 12.3 Å². The molecule has 134 valence electrons. The lowest BCUT2D eigenvalue weighted by molar-refractivity contribution is -0.130. The Hall–Kier alpha value is -3.87. The third-order valence-electron chi connectivity index (χ3n) is 4.19. The van der Waals surface area contributed by atoms with Crippen LogP contribution in [0.25, 0.3) is 11.8 Å². The summed E-state index contributed by atoms with van der Waals surface area (Å²) in [6.45, 7) is -0.0536. The molecular formula is C20H15N3O4. The van der Waals surface area contributed by atoms with E-state index >= 15 is 0 Å². The van der Waals surface area contributed by atoms with Crippen LogP contribution in [-0.2, 0) is 16.1 Å². The Morgan fingerprint density at radius 1 is 0.963 bits per heavy atom. The van der Waals surface area contributed by atoms with Crippen molar-refractivity contribution in [3.63, 3.8) is 0 Å². The summed E-state index contributed by atoms with van der Waals surface area (Å²) in [4.78, 5) is 38.1. The van der Waals surface area contributed by atoms with Crippen molar-refractivity contribution in [2.24, 2.45) is 0 Å². The quantitative estimate of drug-likeness (QED) is 0.572. The van der Waals surface area contributed by atoms with Gasteiger partial charge in [0, 0.05) is 17.6 Å². The number of rotatable bonds is 4. The Morgan fingerprint density at radius 3 is 2.52 bits per heavy atom. The molecule has 0 radical (unpaired) electrons. The highest BCUT2D eigenvalue weighted by molar-refractivity contribution is 6.30. The lowest BCUT2D eigenvalue weighted by atomic mass is 10.1. The molecule has 7 nitrogen and oxygen atoms in total. The van der Waals surface area contributed by atoms with E-state index in [0.29, 0.717) is 11.5 Å². The van der Waals surface area contributed by atoms with Gasteiger partial charge in [-0.1, -0.05) is 18.2 Å². The Bertz CT molecular complexity index is 1030. The standard InChI is InChI=1S/C20H15N3O4/c24-18-17(12-15-8-4-10-22(15)14-6-2-1-3-7-14)19(25)23(20(26)21-18)13-16-9-5-11-27-16/h1-12H,13H2,(H,21,24,26). The predicted molar refractivity (Wildman–Crippen MR) is 96.5 cm³/mol. The number of urea groups is 1. The summed E-state index contributed by atoms with van der Waals surface area (Å²) < 4.78 is 7.04. The number of para-hydroxylation sites is 1. The third kappa shape index (κ3) is 3.18. The largest absolute Gasteiger partial charge is 0.467 e. The zero-order chi connectivity index (χ0) is 18.8. The maximum atomic E-state index is 12.8. The van der Waals surface area contributed by atoms with Crippen LogP contribution in [0.5, 0.6) is 0 Å². The van der Waals surface area contributed by atoms with Crippen molar-refractivity contribution in [2.45, 2.75) is 6.54 Å². The van der Waals surface area contributed by atoms with Gasteiger partial charge in [-0.3, -0.25) is 19.8 Å². The molecule has 1 aliphatic heterocycles. The molecule has 0 bridgehead atoms. The zero-order valence-corrected chi connectivity index (χ0v) is 14.2. The number of hydrogen-bond acceptors (Lipinski definition) is 4. The van der Waals surface area contributed by atoms with E-state index in [2.05, 4.69) is 5.32 Å². The molecule has 0 aliphatic carbocycles. The highest BCUT2D eigenvalue weighted by Gasteiger charge is 2.36. The van der Waals surface area contributed by atoms with Gasteiger partial charge >= 0.3 is 6.03 Å². The number of nitrogens with one attached hydrogen (secondary N) is 1. The number of aromatic nitrogens is 1. The molecule has 0 atom stereocenters. The maximum Gasteiger partial charge on any atom is 0.331 e. The molecule has 1 saturated heterocycles. The minimum absolute atomic E-state index is 0.0536. The minimum atomic E-state index is -0.767. The van der Waals surface area contributed by atoms with Gasteiger partial charge in [0.15, 0.2) is 0 Å². The maximum absolute atomic E-state index is 12.8. The fourth-order valence-corrected chi connectivity index (χ4v) is 2.88. The number of benzene rings is 1. The molecule has 1 aromatic carbocycles. The minimum Gasteiger partial charge on any atom is -0.467 e. The second kappa shape index (κ2) is 6.80. The molecule has 3 heterocycles. The van der Waals surface area contributed by atoms with Gasteiger partial charge in [0.05, 0.1) is 12.8 Å². The first-order valence-electron chi connectivity index (χ1n) is 8.27. The Morgan fingerprint density at radius 2 is 1.78 bits per heavy atom. The van der Waals surface area contributed by atoms with Crippen molar-refractivity contribution < 1.29 is 18.8 Å². The summed E-state index contributed by atoms with van der Waals surface area (Å²) >= 11 is 0. The van der Waals surface area contributed by atoms with Crippen molar-refractivity contribution >= 4 is 23.9 Å². The summed E-state index contributed by atoms with van der Waals surface area (Å²) in [6, 6.07) is 15.7. The summed E-state index contributed by atoms with van der Waals surface area (Å²) in [5, 5.41) is 2.20. The molecular weight excluding hydrogens is 346 g/mol. The van der Waals surface area contributed by atoms with Crippen molar-refractivity contribution in [1.82, 2.24) is 14.8 Å². The average molecular weight is 361 g/mol. The smallest absolute Gasteiger partial charge is 0.331 e. The Balaban J connectivity index is 1.68. The van der Waals surface area contributed by atoms with E-state index in [-0.39, 0.29) is 12.1 Å². The number of carbonyl (C=O) groups is 3. The van der Waals surface area contributed by atoms with Gasteiger partial charge in [0.1, 0.15) is 11.3 Å². The van der Waals surface area contributed by atoms with E-state index in [1.54, 1.807) is 18.2 Å². The summed E-state index contributed by atoms with van der Waals surface area (Å²) in [7, 11) is 0. The molecule has 0 saturated carbocycles. The van der Waals surface area contributed by atoms with E-state index < -0.39 is 17.8 Å². The van der Waals surface area contributed by atoms with E-state index in [1.807, 2.05) is 47.2 Å². The first-order valence-corrected chi connectivity index (χ1v) is 8.27. The van der Waals surface area contributed by atoms with Crippen LogP contribution in [0, 0.1) is 0 Å². The average Bonchev–Trinajstić information content (AvgIpc) is 3.34. The highest BCUT2D eigenvalue weighted by atomic mass is 16.3. The number of amides is 4. The monoisotopic (exact) mass is 361 g/mol. The Kier molecular flexibility index (Phi) is 4.18. The molecule has 2 aromatic heterocycles. The lowest BCUT2D eigenvalue weighted by Gasteiger charge is -2.25. The fourth-order valence-electron chi connectivity index (χ4n) is 2.88. The third-order valence-corrected chi connectivity index (χ3v) is 4.19. The van der Waals surface area contributed by atoms with Crippen molar-refractivity contribution in [3.8, 4) is 5.69 Å². The number of nitrogens with zero attached hydrogens (tertiary/aromatic N) is 2. The van der Waals surface area contributed by atoms with E-state index in [4.69, 9.17) is 4.42 Å². The number of imide groups is 2. The second-order valence-electron chi connectivity index (χ2n) is 5.93. The zero-order valence-electron chi connectivity index (χ0n) is 14.2. The molecule has 7 heteroatoms. The molecule has 27 heavy (non-hydrogen) atoms. The summed E-state index contributed by atoms with van der Waals surface area (Å²) in [5.74, 6) is -0.942. The first kappa shape index (κ1) is 16.6. The number of hydrogen-bond donors (Lipinski definition) is 1. The van der Waals surface area contributed by atoms with Crippen LogP contribution in [0.3, 0.4) is 0 Å². The van der Waals surface area contributed by atoms with Crippen molar-refractivity contribution in [3.05, 3.63) is 84.1 Å². The van der Waals surface area contributed by atoms with Crippen molar-refractivity contribution in [1.29, 1.82) is 0 Å². The van der Waals surface area contributed by atoms with Crippen LogP contribution in [0.15, 0.2) is 77.0 Å². The number of furan rings is 1. The van der Waals surface area contributed by atoms with Crippen molar-refractivity contribution in [2.75, 3.05) is 0 Å². The first-order chi connectivity index (χ1) is 13.1. The predicted octanol–water partition coefficient (Wildman–Crippen LogP) is 2.73. The van der Waals surface area contributed by atoms with Gasteiger partial charge in [-0.05, 0) is 42.5 Å². The van der Waals surface area contributed by atoms with Gasteiger partial charge in [-0.25, -0.2) is 4.79 Å².